The van der Waals surface area contributed by atoms with Gasteiger partial charge in [0.05, 0.1) is 10.6 Å². The summed E-state index contributed by atoms with van der Waals surface area (Å²) in [5.41, 5.74) is 1.27. The van der Waals surface area contributed by atoms with Crippen LogP contribution in [0.25, 0.3) is 0 Å². The van der Waals surface area contributed by atoms with Crippen LogP contribution in [-0.4, -0.2) is 15.4 Å². The Hall–Kier alpha value is -2.96. The van der Waals surface area contributed by atoms with Crippen molar-refractivity contribution in [3.05, 3.63) is 68.1 Å². The summed E-state index contributed by atoms with van der Waals surface area (Å²) in [5, 5.41) is 13.6. The van der Waals surface area contributed by atoms with Gasteiger partial charge in [0, 0.05) is 17.8 Å². The molecule has 126 valence electrons. The second-order valence-electron chi connectivity index (χ2n) is 5.81. The van der Waals surface area contributed by atoms with E-state index in [1.165, 1.54) is 6.92 Å². The number of anilines is 1. The number of hydrogen-bond acceptors (Lipinski definition) is 4. The number of hydrogen-bond donors (Lipinski definition) is 1. The fraction of sp³-hybridized carbons (Fsp3) is 0.294. The van der Waals surface area contributed by atoms with Gasteiger partial charge >= 0.3 is 0 Å². The van der Waals surface area contributed by atoms with Crippen molar-refractivity contribution in [3.8, 4) is 0 Å². The average molecular weight is 329 g/mol. The van der Waals surface area contributed by atoms with Crippen LogP contribution in [0.1, 0.15) is 31.0 Å². The molecule has 1 N–H and O–H groups in total. The molecule has 7 heteroatoms. The highest BCUT2D eigenvalue weighted by molar-refractivity contribution is 5.90. The van der Waals surface area contributed by atoms with Gasteiger partial charge in [-0.2, -0.15) is 0 Å². The molecule has 0 atom stereocenters. The van der Waals surface area contributed by atoms with E-state index in [4.69, 9.17) is 0 Å². The first-order valence-corrected chi connectivity index (χ1v) is 7.54. The third-order valence-corrected chi connectivity index (χ3v) is 3.78. The van der Waals surface area contributed by atoms with Crippen molar-refractivity contribution >= 4 is 17.3 Å². The second-order valence-corrected chi connectivity index (χ2v) is 5.81. The van der Waals surface area contributed by atoms with Crippen molar-refractivity contribution in [1.82, 2.24) is 4.57 Å². The lowest BCUT2D eigenvalue weighted by Crippen LogP contribution is -2.29. The Bertz CT molecular complexity index is 823. The number of nitrogens with zero attached hydrogens (tertiary/aromatic N) is 2. The molecule has 24 heavy (non-hydrogen) atoms. The van der Waals surface area contributed by atoms with Crippen LogP contribution >= 0.6 is 0 Å². The molecule has 0 unspecified atom stereocenters. The minimum absolute atomic E-state index is 0.151. The first-order chi connectivity index (χ1) is 11.3. The molecule has 1 aromatic carbocycles. The van der Waals surface area contributed by atoms with Crippen LogP contribution in [0.2, 0.25) is 0 Å². The Morgan fingerprint density at radius 1 is 1.21 bits per heavy atom. The Kier molecular flexibility index (Phi) is 5.13. The molecule has 0 aliphatic rings. The first kappa shape index (κ1) is 17.4. The minimum Gasteiger partial charge on any atom is -0.325 e. The molecule has 0 radical (unpaired) electrons. The maximum Gasteiger partial charge on any atom is 0.288 e. The monoisotopic (exact) mass is 329 g/mol. The molecule has 2 rings (SSSR count). The molecule has 0 bridgehead atoms. The predicted octanol–water partition coefficient (Wildman–Crippen LogP) is 2.83. The van der Waals surface area contributed by atoms with Crippen LogP contribution < -0.4 is 10.9 Å². The van der Waals surface area contributed by atoms with E-state index in [0.717, 1.165) is 22.3 Å². The summed E-state index contributed by atoms with van der Waals surface area (Å²) in [5.74, 6) is -0.0289. The number of aromatic nitrogens is 1. The highest BCUT2D eigenvalue weighted by atomic mass is 16.6. The van der Waals surface area contributed by atoms with Crippen molar-refractivity contribution in [2.45, 2.75) is 33.2 Å². The van der Waals surface area contributed by atoms with Gasteiger partial charge in [-0.3, -0.25) is 24.3 Å². The number of carbonyl (C=O) groups excluding carboxylic acids is 1. The molecule has 1 aromatic heterocycles. The van der Waals surface area contributed by atoms with Gasteiger partial charge in [0.2, 0.25) is 5.91 Å². The summed E-state index contributed by atoms with van der Waals surface area (Å²) < 4.78 is 1.09. The zero-order valence-corrected chi connectivity index (χ0v) is 13.8. The fourth-order valence-electron chi connectivity index (χ4n) is 2.35. The van der Waals surface area contributed by atoms with E-state index in [1.54, 1.807) is 12.1 Å². The average Bonchev–Trinajstić information content (AvgIpc) is 2.51. The molecule has 1 amide bonds. The number of amides is 1. The van der Waals surface area contributed by atoms with Gasteiger partial charge in [0.1, 0.15) is 6.54 Å². The van der Waals surface area contributed by atoms with Gasteiger partial charge in [0.25, 0.3) is 11.2 Å². The third kappa shape index (κ3) is 3.87. The zero-order valence-electron chi connectivity index (χ0n) is 13.8. The second kappa shape index (κ2) is 7.08. The Morgan fingerprint density at radius 2 is 1.83 bits per heavy atom. The zero-order chi connectivity index (χ0) is 17.9. The SMILES string of the molecule is Cc1c([N+](=O)[O-])ccc(=O)n1CC(=O)Nc1ccc(C(C)C)cc1. The van der Waals surface area contributed by atoms with E-state index in [1.807, 2.05) is 12.1 Å². The number of rotatable bonds is 5. The van der Waals surface area contributed by atoms with Gasteiger partial charge in [-0.05, 0) is 30.5 Å². The van der Waals surface area contributed by atoms with Crippen LogP contribution in [0.4, 0.5) is 11.4 Å². The predicted molar refractivity (Wildman–Crippen MR) is 91.3 cm³/mol. The van der Waals surface area contributed by atoms with Crippen LogP contribution in [0, 0.1) is 17.0 Å². The molecule has 1 heterocycles. The van der Waals surface area contributed by atoms with Crippen molar-refractivity contribution in [2.24, 2.45) is 0 Å². The lowest BCUT2D eigenvalue weighted by atomic mass is 10.0. The van der Waals surface area contributed by atoms with Gasteiger partial charge in [-0.25, -0.2) is 0 Å². The van der Waals surface area contributed by atoms with Crippen LogP contribution in [0.3, 0.4) is 0 Å². The van der Waals surface area contributed by atoms with E-state index in [-0.39, 0.29) is 17.9 Å². The van der Waals surface area contributed by atoms with E-state index in [9.17, 15) is 19.7 Å². The highest BCUT2D eigenvalue weighted by Gasteiger charge is 2.16. The van der Waals surface area contributed by atoms with E-state index < -0.39 is 16.4 Å². The molecule has 0 aliphatic heterocycles. The molecular formula is C17H19N3O4. The van der Waals surface area contributed by atoms with Crippen LogP contribution in [-0.2, 0) is 11.3 Å². The fourth-order valence-corrected chi connectivity index (χ4v) is 2.35. The summed E-state index contributed by atoms with van der Waals surface area (Å²) in [4.78, 5) is 34.4. The maximum atomic E-state index is 12.1. The summed E-state index contributed by atoms with van der Waals surface area (Å²) in [7, 11) is 0. The van der Waals surface area contributed by atoms with Gasteiger partial charge in [-0.15, -0.1) is 0 Å². The van der Waals surface area contributed by atoms with Crippen molar-refractivity contribution < 1.29 is 9.72 Å². The Balaban J connectivity index is 2.17. The smallest absolute Gasteiger partial charge is 0.288 e. The summed E-state index contributed by atoms with van der Waals surface area (Å²) in [6.45, 7) is 5.32. The van der Waals surface area contributed by atoms with Gasteiger partial charge in [0.15, 0.2) is 0 Å². The molecule has 0 aliphatic carbocycles. The number of carbonyl (C=O) groups is 1. The molecule has 0 fully saturated rings. The van der Waals surface area contributed by atoms with E-state index in [0.29, 0.717) is 11.6 Å². The molecule has 7 nitrogen and oxygen atoms in total. The number of benzene rings is 1. The lowest BCUT2D eigenvalue weighted by Gasteiger charge is -2.11. The number of nitrogens with one attached hydrogen (secondary N) is 1. The lowest BCUT2D eigenvalue weighted by molar-refractivity contribution is -0.386. The molecular weight excluding hydrogens is 310 g/mol. The summed E-state index contributed by atoms with van der Waals surface area (Å²) in [6, 6.07) is 9.66. The molecule has 0 saturated heterocycles. The number of nitro groups is 1. The van der Waals surface area contributed by atoms with Crippen molar-refractivity contribution in [1.29, 1.82) is 0 Å². The van der Waals surface area contributed by atoms with Crippen molar-refractivity contribution in [3.63, 3.8) is 0 Å². The highest BCUT2D eigenvalue weighted by Crippen LogP contribution is 2.18. The quantitative estimate of drug-likeness (QED) is 0.674. The Morgan fingerprint density at radius 3 is 2.38 bits per heavy atom. The minimum atomic E-state index is -0.576. The number of pyridine rings is 1. The normalized spacial score (nSPS) is 10.7. The molecule has 0 spiro atoms. The van der Waals surface area contributed by atoms with Gasteiger partial charge < -0.3 is 5.32 Å². The molecule has 2 aromatic rings. The van der Waals surface area contributed by atoms with Gasteiger partial charge in [-0.1, -0.05) is 26.0 Å². The standard InChI is InChI=1S/C17H19N3O4/c1-11(2)13-4-6-14(7-5-13)18-16(21)10-19-12(3)15(20(23)24)8-9-17(19)22/h4-9,11H,10H2,1-3H3,(H,18,21). The summed E-state index contributed by atoms with van der Waals surface area (Å²) >= 11 is 0. The van der Waals surface area contributed by atoms with E-state index in [2.05, 4.69) is 19.2 Å². The Labute approximate surface area is 139 Å². The topological polar surface area (TPSA) is 94.2 Å². The maximum absolute atomic E-state index is 12.1. The third-order valence-electron chi connectivity index (χ3n) is 3.78. The van der Waals surface area contributed by atoms with Crippen LogP contribution in [0.15, 0.2) is 41.2 Å². The summed E-state index contributed by atoms with van der Waals surface area (Å²) in [6.07, 6.45) is 0. The largest absolute Gasteiger partial charge is 0.325 e. The molecule has 0 saturated carbocycles. The van der Waals surface area contributed by atoms with Crippen molar-refractivity contribution in [2.75, 3.05) is 5.32 Å². The van der Waals surface area contributed by atoms with E-state index >= 15 is 0 Å². The van der Waals surface area contributed by atoms with Crippen LogP contribution in [0.5, 0.6) is 0 Å². The first-order valence-electron chi connectivity index (χ1n) is 7.54.